The van der Waals surface area contributed by atoms with E-state index in [-0.39, 0.29) is 6.17 Å². The monoisotopic (exact) mass is 211 g/mol. The topological polar surface area (TPSA) is 42.1 Å². The molecule has 0 bridgehead atoms. The molecule has 0 spiro atoms. The van der Waals surface area contributed by atoms with Crippen molar-refractivity contribution in [3.05, 3.63) is 23.0 Å². The van der Waals surface area contributed by atoms with E-state index < -0.39 is 0 Å². The molecule has 1 fully saturated rings. The number of rotatable bonds is 1. The van der Waals surface area contributed by atoms with Gasteiger partial charge in [-0.25, -0.2) is 4.98 Å². The zero-order valence-electron chi connectivity index (χ0n) is 8.20. The predicted octanol–water partition coefficient (Wildman–Crippen LogP) is 1.93. The average Bonchev–Trinajstić information content (AvgIpc) is 2.57. The van der Waals surface area contributed by atoms with Crippen LogP contribution in [0.3, 0.4) is 0 Å². The predicted molar refractivity (Wildman–Crippen MR) is 58.5 cm³/mol. The van der Waals surface area contributed by atoms with E-state index in [0.29, 0.717) is 5.15 Å². The molecule has 0 radical (unpaired) electrons. The molecule has 14 heavy (non-hydrogen) atoms. The average molecular weight is 212 g/mol. The van der Waals surface area contributed by atoms with E-state index in [1.807, 2.05) is 13.0 Å². The van der Waals surface area contributed by atoms with Crippen molar-refractivity contribution in [3.8, 4) is 0 Å². The van der Waals surface area contributed by atoms with Crippen LogP contribution < -0.4 is 10.6 Å². The van der Waals surface area contributed by atoms with E-state index in [9.17, 15) is 0 Å². The van der Waals surface area contributed by atoms with Crippen LogP contribution in [0.25, 0.3) is 0 Å². The molecule has 1 aliphatic heterocycles. The second kappa shape index (κ2) is 3.75. The molecule has 4 heteroatoms. The first-order valence-electron chi connectivity index (χ1n) is 4.83. The van der Waals surface area contributed by atoms with E-state index in [1.54, 1.807) is 6.20 Å². The minimum Gasteiger partial charge on any atom is -0.355 e. The third kappa shape index (κ3) is 1.70. The number of nitrogens with two attached hydrogens (primary N) is 1. The lowest BCUT2D eigenvalue weighted by Crippen LogP contribution is -2.36. The molecular formula is C10H14ClN3. The number of aromatic nitrogens is 1. The van der Waals surface area contributed by atoms with Crippen LogP contribution in [0.5, 0.6) is 0 Å². The van der Waals surface area contributed by atoms with Gasteiger partial charge in [0.15, 0.2) is 0 Å². The van der Waals surface area contributed by atoms with Gasteiger partial charge in [-0.1, -0.05) is 11.6 Å². The number of nitrogens with zero attached hydrogens (tertiary/aromatic N) is 2. The largest absolute Gasteiger partial charge is 0.355 e. The highest BCUT2D eigenvalue weighted by Gasteiger charge is 2.21. The first-order chi connectivity index (χ1) is 6.68. The number of pyridine rings is 1. The van der Waals surface area contributed by atoms with Crippen LogP contribution in [0.4, 0.5) is 5.69 Å². The van der Waals surface area contributed by atoms with Gasteiger partial charge >= 0.3 is 0 Å². The zero-order chi connectivity index (χ0) is 10.1. The third-order valence-electron chi connectivity index (χ3n) is 2.63. The summed E-state index contributed by atoms with van der Waals surface area (Å²) in [6.07, 6.45) is 4.14. The Hall–Kier alpha value is -0.800. The number of aryl methyl sites for hydroxylation is 1. The summed E-state index contributed by atoms with van der Waals surface area (Å²) in [6, 6.07) is 2.04. The van der Waals surface area contributed by atoms with Crippen molar-refractivity contribution in [2.24, 2.45) is 5.73 Å². The van der Waals surface area contributed by atoms with Gasteiger partial charge in [-0.15, -0.1) is 0 Å². The van der Waals surface area contributed by atoms with Gasteiger partial charge in [-0.2, -0.15) is 0 Å². The standard InChI is InChI=1S/C10H14ClN3/c1-7-5-8(6-13-10(7)11)14-4-2-3-9(14)12/h5-6,9H,2-4,12H2,1H3. The third-order valence-corrected chi connectivity index (χ3v) is 3.03. The second-order valence-corrected chi connectivity index (χ2v) is 4.06. The van der Waals surface area contributed by atoms with Crippen molar-refractivity contribution >= 4 is 17.3 Å². The van der Waals surface area contributed by atoms with Crippen molar-refractivity contribution in [2.45, 2.75) is 25.9 Å². The van der Waals surface area contributed by atoms with Gasteiger partial charge in [-0.3, -0.25) is 0 Å². The van der Waals surface area contributed by atoms with Gasteiger partial charge < -0.3 is 10.6 Å². The summed E-state index contributed by atoms with van der Waals surface area (Å²) in [4.78, 5) is 6.30. The Labute approximate surface area is 88.9 Å². The highest BCUT2D eigenvalue weighted by Crippen LogP contribution is 2.25. The highest BCUT2D eigenvalue weighted by atomic mass is 35.5. The Morgan fingerprint density at radius 2 is 2.43 bits per heavy atom. The maximum absolute atomic E-state index is 5.96. The van der Waals surface area contributed by atoms with Crippen molar-refractivity contribution in [2.75, 3.05) is 11.4 Å². The van der Waals surface area contributed by atoms with Crippen LogP contribution in [-0.2, 0) is 0 Å². The summed E-state index contributed by atoms with van der Waals surface area (Å²) in [5.41, 5.74) is 8.05. The van der Waals surface area contributed by atoms with Crippen LogP contribution in [0.1, 0.15) is 18.4 Å². The molecular weight excluding hydrogens is 198 g/mol. The SMILES string of the molecule is Cc1cc(N2CCCC2N)cnc1Cl. The van der Waals surface area contributed by atoms with E-state index >= 15 is 0 Å². The van der Waals surface area contributed by atoms with Gasteiger partial charge in [0.1, 0.15) is 5.15 Å². The maximum atomic E-state index is 5.96. The molecule has 1 aliphatic rings. The van der Waals surface area contributed by atoms with Gasteiger partial charge in [0.05, 0.1) is 18.1 Å². The molecule has 2 heterocycles. The number of halogens is 1. The molecule has 2 N–H and O–H groups in total. The quantitative estimate of drug-likeness (QED) is 0.722. The Bertz CT molecular complexity index is 340. The minimum absolute atomic E-state index is 0.136. The zero-order valence-corrected chi connectivity index (χ0v) is 8.96. The van der Waals surface area contributed by atoms with Gasteiger partial charge in [0, 0.05) is 6.54 Å². The highest BCUT2D eigenvalue weighted by molar-refractivity contribution is 6.30. The van der Waals surface area contributed by atoms with Crippen molar-refractivity contribution in [1.82, 2.24) is 4.98 Å². The summed E-state index contributed by atoms with van der Waals surface area (Å²) in [7, 11) is 0. The molecule has 1 unspecified atom stereocenters. The molecule has 0 aliphatic carbocycles. The lowest BCUT2D eigenvalue weighted by atomic mass is 10.3. The molecule has 0 aromatic carbocycles. The Balaban J connectivity index is 2.28. The van der Waals surface area contributed by atoms with Crippen LogP contribution in [0.2, 0.25) is 5.15 Å². The molecule has 1 atom stereocenters. The fourth-order valence-corrected chi connectivity index (χ4v) is 1.92. The molecule has 2 rings (SSSR count). The number of anilines is 1. The van der Waals surface area contributed by atoms with E-state index in [0.717, 1.165) is 30.6 Å². The minimum atomic E-state index is 0.136. The van der Waals surface area contributed by atoms with Crippen LogP contribution in [0, 0.1) is 6.92 Å². The molecule has 3 nitrogen and oxygen atoms in total. The van der Waals surface area contributed by atoms with E-state index in [2.05, 4.69) is 9.88 Å². The molecule has 1 aromatic rings. The van der Waals surface area contributed by atoms with Crippen molar-refractivity contribution in [1.29, 1.82) is 0 Å². The smallest absolute Gasteiger partial charge is 0.132 e. The molecule has 1 aromatic heterocycles. The lowest BCUT2D eigenvalue weighted by Gasteiger charge is -2.23. The summed E-state index contributed by atoms with van der Waals surface area (Å²) in [5, 5.41) is 0.571. The van der Waals surface area contributed by atoms with E-state index in [1.165, 1.54) is 0 Å². The molecule has 0 saturated carbocycles. The molecule has 1 saturated heterocycles. The summed E-state index contributed by atoms with van der Waals surface area (Å²) in [6.45, 7) is 2.98. The normalized spacial score (nSPS) is 21.6. The Kier molecular flexibility index (Phi) is 2.61. The lowest BCUT2D eigenvalue weighted by molar-refractivity contribution is 0.700. The van der Waals surface area contributed by atoms with E-state index in [4.69, 9.17) is 17.3 Å². The van der Waals surface area contributed by atoms with Crippen LogP contribution in [0.15, 0.2) is 12.3 Å². The fourth-order valence-electron chi connectivity index (χ4n) is 1.81. The molecule has 0 amide bonds. The fraction of sp³-hybridized carbons (Fsp3) is 0.500. The van der Waals surface area contributed by atoms with Crippen molar-refractivity contribution < 1.29 is 0 Å². The van der Waals surface area contributed by atoms with Gasteiger partial charge in [-0.05, 0) is 31.4 Å². The summed E-state index contributed by atoms with van der Waals surface area (Å²) >= 11 is 5.86. The van der Waals surface area contributed by atoms with Gasteiger partial charge in [0.2, 0.25) is 0 Å². The van der Waals surface area contributed by atoms with Crippen LogP contribution in [-0.4, -0.2) is 17.7 Å². The van der Waals surface area contributed by atoms with Gasteiger partial charge in [0.25, 0.3) is 0 Å². The Morgan fingerprint density at radius 1 is 1.64 bits per heavy atom. The summed E-state index contributed by atoms with van der Waals surface area (Å²) in [5.74, 6) is 0. The van der Waals surface area contributed by atoms with Crippen LogP contribution >= 0.6 is 11.6 Å². The van der Waals surface area contributed by atoms with Crippen molar-refractivity contribution in [3.63, 3.8) is 0 Å². The molecule has 76 valence electrons. The second-order valence-electron chi connectivity index (χ2n) is 3.70. The first kappa shape index (κ1) is 9.74. The maximum Gasteiger partial charge on any atom is 0.132 e. The number of hydrogen-bond acceptors (Lipinski definition) is 3. The number of hydrogen-bond donors (Lipinski definition) is 1. The first-order valence-corrected chi connectivity index (χ1v) is 5.20. The Morgan fingerprint density at radius 3 is 3.00 bits per heavy atom. The summed E-state index contributed by atoms with van der Waals surface area (Å²) < 4.78 is 0.